The molecule has 22 valence electrons. The second kappa shape index (κ2) is 17.5. The third-order valence-electron chi connectivity index (χ3n) is 0.144. The third kappa shape index (κ3) is 23.0. The molecular formula is C4H4Li2. The molecule has 0 aromatic rings. The van der Waals surface area contributed by atoms with Crippen LogP contribution in [0.4, 0.5) is 0 Å². The van der Waals surface area contributed by atoms with Crippen molar-refractivity contribution >= 4 is 0 Å². The zero-order chi connectivity index (χ0) is 3.41. The quantitative estimate of drug-likeness (QED) is 0.151. The van der Waals surface area contributed by atoms with Crippen molar-refractivity contribution in [3.8, 4) is 5.92 Å². The van der Waals surface area contributed by atoms with Gasteiger partial charge in [0.2, 0.25) is 0 Å². The van der Waals surface area contributed by atoms with Gasteiger partial charge in [0.05, 0.1) is 0 Å². The van der Waals surface area contributed by atoms with Crippen molar-refractivity contribution < 1.29 is 37.7 Å². The molecule has 0 nitrogen and oxygen atoms in total. The molecule has 0 aromatic heterocycles. The van der Waals surface area contributed by atoms with Crippen molar-refractivity contribution in [2.75, 3.05) is 0 Å². The van der Waals surface area contributed by atoms with Crippen molar-refractivity contribution in [3.63, 3.8) is 0 Å². The summed E-state index contributed by atoms with van der Waals surface area (Å²) in [5.41, 5.74) is 0. The maximum atomic E-state index is 6.15. The van der Waals surface area contributed by atoms with Gasteiger partial charge in [0.15, 0.2) is 0 Å². The zero-order valence-electron chi connectivity index (χ0n) is 4.58. The van der Waals surface area contributed by atoms with Crippen LogP contribution >= 0.6 is 0 Å². The first-order chi connectivity index (χ1) is 1.91. The topological polar surface area (TPSA) is 0 Å². The molecule has 0 aromatic carbocycles. The van der Waals surface area contributed by atoms with Gasteiger partial charge in [-0.05, 0) is 0 Å². The van der Waals surface area contributed by atoms with Crippen LogP contribution in [-0.4, -0.2) is 0 Å². The largest absolute Gasteiger partial charge is 1.00 e. The molecule has 0 rings (SSSR count). The number of hydrogen-bond acceptors (Lipinski definition) is 0. The SMILES string of the molecule is [C-]#C[CH-]C.[Li+].[Li+]. The van der Waals surface area contributed by atoms with E-state index in [4.69, 9.17) is 6.42 Å². The van der Waals surface area contributed by atoms with Gasteiger partial charge < -0.3 is 18.8 Å². The molecule has 0 spiro atoms. The Balaban J connectivity index is -0.0000000450. The number of rotatable bonds is 0. The Morgan fingerprint density at radius 1 is 1.50 bits per heavy atom. The van der Waals surface area contributed by atoms with Gasteiger partial charge in [-0.25, -0.2) is 0 Å². The predicted octanol–water partition coefficient (Wildman–Crippen LogP) is -5.19. The van der Waals surface area contributed by atoms with E-state index in [0.29, 0.717) is 0 Å². The Bertz CT molecular complexity index is 35.3. The molecule has 0 N–H and O–H groups in total. The minimum absolute atomic E-state index is 0. The van der Waals surface area contributed by atoms with Gasteiger partial charge in [0.25, 0.3) is 0 Å². The second-order valence-electron chi connectivity index (χ2n) is 0.433. The van der Waals surface area contributed by atoms with Gasteiger partial charge in [-0.2, -0.15) is 6.92 Å². The Labute approximate surface area is 63.4 Å². The molecule has 0 atom stereocenters. The third-order valence-corrected chi connectivity index (χ3v) is 0.144. The van der Waals surface area contributed by atoms with Crippen molar-refractivity contribution in [2.45, 2.75) is 6.92 Å². The van der Waals surface area contributed by atoms with Gasteiger partial charge in [-0.3, -0.25) is 0 Å². The molecule has 0 bridgehead atoms. The monoisotopic (exact) mass is 66.1 g/mol. The Kier molecular flexibility index (Phi) is 46.4. The van der Waals surface area contributed by atoms with Crippen molar-refractivity contribution in [3.05, 3.63) is 12.8 Å². The van der Waals surface area contributed by atoms with Crippen LogP contribution in [0.1, 0.15) is 6.92 Å². The first kappa shape index (κ1) is 16.0. The Morgan fingerprint density at radius 2 is 1.67 bits per heavy atom. The average Bonchev–Trinajstić information content (AvgIpc) is 1.37. The Morgan fingerprint density at radius 3 is 1.67 bits per heavy atom. The normalized spacial score (nSPS) is 2.67. The standard InChI is InChI=1S/C4H4.2Li/c1-3-4-2;;/h3H,1H3;;/q-2;2*+1. The fourth-order valence-electron chi connectivity index (χ4n) is 0. The van der Waals surface area contributed by atoms with E-state index < -0.39 is 0 Å². The Hall–Kier alpha value is 0.625. The van der Waals surface area contributed by atoms with E-state index in [1.54, 1.807) is 13.3 Å². The summed E-state index contributed by atoms with van der Waals surface area (Å²) in [6.45, 7) is 1.76. The summed E-state index contributed by atoms with van der Waals surface area (Å²) in [5, 5.41) is 0. The van der Waals surface area contributed by atoms with E-state index in [9.17, 15) is 0 Å². The summed E-state index contributed by atoms with van der Waals surface area (Å²) in [6.07, 6.45) is 7.69. The summed E-state index contributed by atoms with van der Waals surface area (Å²) in [6, 6.07) is 0. The van der Waals surface area contributed by atoms with Gasteiger partial charge in [-0.15, -0.1) is 0 Å². The van der Waals surface area contributed by atoms with Crippen LogP contribution in [0.2, 0.25) is 0 Å². The molecule has 0 fully saturated rings. The summed E-state index contributed by atoms with van der Waals surface area (Å²) in [7, 11) is 0. The fraction of sp³-hybridized carbons (Fsp3) is 0.250. The first-order valence-electron chi connectivity index (χ1n) is 1.12. The molecule has 0 aliphatic heterocycles. The van der Waals surface area contributed by atoms with Gasteiger partial charge >= 0.3 is 37.7 Å². The van der Waals surface area contributed by atoms with E-state index in [2.05, 4.69) is 5.92 Å². The smallest absolute Gasteiger partial charge is 0.729 e. The van der Waals surface area contributed by atoms with Crippen LogP contribution in [0, 0.1) is 18.8 Å². The number of hydrogen-bond donors (Lipinski definition) is 0. The maximum absolute atomic E-state index is 6.15. The molecular weight excluding hydrogens is 61.9 g/mol. The van der Waals surface area contributed by atoms with Crippen LogP contribution in [-0.2, 0) is 0 Å². The van der Waals surface area contributed by atoms with E-state index in [0.717, 1.165) is 0 Å². The summed E-state index contributed by atoms with van der Waals surface area (Å²) in [4.78, 5) is 0. The second-order valence-corrected chi connectivity index (χ2v) is 0.433. The predicted molar refractivity (Wildman–Crippen MR) is 17.1 cm³/mol. The fourth-order valence-corrected chi connectivity index (χ4v) is 0. The van der Waals surface area contributed by atoms with Crippen LogP contribution in [0.5, 0.6) is 0 Å². The molecule has 0 radical (unpaired) electrons. The molecule has 0 saturated heterocycles. The van der Waals surface area contributed by atoms with Crippen LogP contribution < -0.4 is 37.7 Å². The maximum Gasteiger partial charge on any atom is 1.00 e. The van der Waals surface area contributed by atoms with E-state index in [1.807, 2.05) is 0 Å². The molecule has 0 unspecified atom stereocenters. The van der Waals surface area contributed by atoms with Crippen molar-refractivity contribution in [1.29, 1.82) is 0 Å². The summed E-state index contributed by atoms with van der Waals surface area (Å²) < 4.78 is 0. The van der Waals surface area contributed by atoms with Crippen molar-refractivity contribution in [2.24, 2.45) is 0 Å². The van der Waals surface area contributed by atoms with E-state index in [1.165, 1.54) is 0 Å². The summed E-state index contributed by atoms with van der Waals surface area (Å²) >= 11 is 0. The zero-order valence-corrected chi connectivity index (χ0v) is 4.58. The molecule has 0 heterocycles. The van der Waals surface area contributed by atoms with Crippen LogP contribution in [0.15, 0.2) is 0 Å². The molecule has 0 saturated carbocycles. The average molecular weight is 66.0 g/mol. The van der Waals surface area contributed by atoms with Gasteiger partial charge in [0, 0.05) is 0 Å². The first-order valence-corrected chi connectivity index (χ1v) is 1.12. The van der Waals surface area contributed by atoms with Crippen LogP contribution in [0.3, 0.4) is 0 Å². The van der Waals surface area contributed by atoms with Gasteiger partial charge in [-0.1, -0.05) is 0 Å². The van der Waals surface area contributed by atoms with Gasteiger partial charge in [0.1, 0.15) is 0 Å². The van der Waals surface area contributed by atoms with Crippen LogP contribution in [0.25, 0.3) is 0 Å². The molecule has 2 heteroatoms. The minimum atomic E-state index is 0. The molecule has 0 amide bonds. The summed E-state index contributed by atoms with van der Waals surface area (Å²) in [5.74, 6) is 2.06. The molecule has 0 aliphatic carbocycles. The van der Waals surface area contributed by atoms with E-state index in [-0.39, 0.29) is 37.7 Å². The molecule has 0 aliphatic rings. The molecule has 6 heavy (non-hydrogen) atoms. The van der Waals surface area contributed by atoms with Crippen molar-refractivity contribution in [1.82, 2.24) is 0 Å². The minimum Gasteiger partial charge on any atom is -0.729 e. The van der Waals surface area contributed by atoms with E-state index >= 15 is 0 Å².